The molecule has 0 aliphatic carbocycles. The average Bonchev–Trinajstić information content (AvgIpc) is 2.78. The first-order chi connectivity index (χ1) is 8.05. The number of alkyl halides is 3. The molecule has 17 heavy (non-hydrogen) atoms. The highest BCUT2D eigenvalue weighted by Crippen LogP contribution is 2.29. The Hall–Kier alpha value is -1.30. The third-order valence-corrected chi connectivity index (χ3v) is 2.50. The summed E-state index contributed by atoms with van der Waals surface area (Å²) in [7, 11) is 0. The fraction of sp³-hybridized carbons (Fsp3) is 0.545. The van der Waals surface area contributed by atoms with Gasteiger partial charge in [0.05, 0.1) is 11.7 Å². The normalized spacial score (nSPS) is 20.5. The average molecular weight is 247 g/mol. The lowest BCUT2D eigenvalue weighted by molar-refractivity contribution is -0.137. The summed E-state index contributed by atoms with van der Waals surface area (Å²) in [6, 6.07) is 2.18. The number of pyridine rings is 1. The van der Waals surface area contributed by atoms with E-state index in [1.807, 2.05) is 0 Å². The van der Waals surface area contributed by atoms with E-state index >= 15 is 0 Å². The second-order valence-corrected chi connectivity index (χ2v) is 3.83. The first kappa shape index (κ1) is 12.2. The SMILES string of the molecule is FC(F)(F)c1ccc(OCC2CCCO2)nc1. The van der Waals surface area contributed by atoms with Gasteiger partial charge in [0.2, 0.25) is 5.88 Å². The molecule has 1 atom stereocenters. The van der Waals surface area contributed by atoms with Crippen LogP contribution in [-0.4, -0.2) is 24.3 Å². The van der Waals surface area contributed by atoms with E-state index in [2.05, 4.69) is 4.98 Å². The molecular formula is C11H12F3NO2. The molecule has 0 spiro atoms. The lowest BCUT2D eigenvalue weighted by Crippen LogP contribution is -2.16. The van der Waals surface area contributed by atoms with Crippen LogP contribution in [0.3, 0.4) is 0 Å². The van der Waals surface area contributed by atoms with Crippen LogP contribution in [0.25, 0.3) is 0 Å². The van der Waals surface area contributed by atoms with Crippen molar-refractivity contribution in [1.29, 1.82) is 0 Å². The monoisotopic (exact) mass is 247 g/mol. The van der Waals surface area contributed by atoms with Gasteiger partial charge < -0.3 is 9.47 Å². The number of nitrogens with zero attached hydrogens (tertiary/aromatic N) is 1. The molecule has 0 amide bonds. The minimum atomic E-state index is -4.36. The summed E-state index contributed by atoms with van der Waals surface area (Å²) >= 11 is 0. The molecular weight excluding hydrogens is 235 g/mol. The van der Waals surface area contributed by atoms with Crippen LogP contribution in [0.2, 0.25) is 0 Å². The topological polar surface area (TPSA) is 31.4 Å². The van der Waals surface area contributed by atoms with E-state index in [0.29, 0.717) is 13.2 Å². The van der Waals surface area contributed by atoms with E-state index in [9.17, 15) is 13.2 Å². The zero-order chi connectivity index (χ0) is 12.3. The zero-order valence-corrected chi connectivity index (χ0v) is 9.04. The second-order valence-electron chi connectivity index (χ2n) is 3.83. The summed E-state index contributed by atoms with van der Waals surface area (Å²) in [6.07, 6.45) is -1.65. The molecule has 0 radical (unpaired) electrons. The summed E-state index contributed by atoms with van der Waals surface area (Å²) in [5.74, 6) is 0.188. The van der Waals surface area contributed by atoms with Crippen molar-refractivity contribution in [2.45, 2.75) is 25.1 Å². The van der Waals surface area contributed by atoms with Crippen LogP contribution in [0.5, 0.6) is 5.88 Å². The Labute approximate surface area is 96.6 Å². The number of halogens is 3. The molecule has 0 N–H and O–H groups in total. The first-order valence-corrected chi connectivity index (χ1v) is 5.33. The maximum absolute atomic E-state index is 12.3. The van der Waals surface area contributed by atoms with E-state index in [1.54, 1.807) is 0 Å². The van der Waals surface area contributed by atoms with Gasteiger partial charge in [-0.2, -0.15) is 13.2 Å². The van der Waals surface area contributed by atoms with E-state index in [0.717, 1.165) is 25.1 Å². The second kappa shape index (κ2) is 4.91. The molecule has 0 bridgehead atoms. The van der Waals surface area contributed by atoms with E-state index in [4.69, 9.17) is 9.47 Å². The van der Waals surface area contributed by atoms with Crippen molar-refractivity contribution in [2.75, 3.05) is 13.2 Å². The van der Waals surface area contributed by atoms with Crippen molar-refractivity contribution in [3.8, 4) is 5.88 Å². The molecule has 1 saturated heterocycles. The number of hydrogen-bond donors (Lipinski definition) is 0. The highest BCUT2D eigenvalue weighted by Gasteiger charge is 2.30. The van der Waals surface area contributed by atoms with Gasteiger partial charge in [-0.3, -0.25) is 0 Å². The Balaban J connectivity index is 1.89. The Morgan fingerprint density at radius 1 is 1.41 bits per heavy atom. The standard InChI is InChI=1S/C11H12F3NO2/c12-11(13,14)8-3-4-10(15-6-8)17-7-9-2-1-5-16-9/h3-4,6,9H,1-2,5,7H2. The minimum Gasteiger partial charge on any atom is -0.475 e. The molecule has 1 aromatic heterocycles. The van der Waals surface area contributed by atoms with Crippen molar-refractivity contribution in [3.63, 3.8) is 0 Å². The quantitative estimate of drug-likeness (QED) is 0.822. The predicted octanol–water partition coefficient (Wildman–Crippen LogP) is 2.66. The fourth-order valence-electron chi connectivity index (χ4n) is 1.59. The third kappa shape index (κ3) is 3.33. The molecule has 1 aliphatic heterocycles. The van der Waals surface area contributed by atoms with Gasteiger partial charge in [-0.05, 0) is 18.9 Å². The molecule has 1 fully saturated rings. The number of hydrogen-bond acceptors (Lipinski definition) is 3. The maximum Gasteiger partial charge on any atom is 0.417 e. The highest BCUT2D eigenvalue weighted by molar-refractivity contribution is 5.20. The Morgan fingerprint density at radius 2 is 2.24 bits per heavy atom. The summed E-state index contributed by atoms with van der Waals surface area (Å²) in [6.45, 7) is 1.05. The molecule has 2 rings (SSSR count). The van der Waals surface area contributed by atoms with Crippen LogP contribution in [0, 0.1) is 0 Å². The molecule has 0 aromatic carbocycles. The zero-order valence-electron chi connectivity index (χ0n) is 9.04. The summed E-state index contributed by atoms with van der Waals surface area (Å²) in [4.78, 5) is 3.61. The number of ether oxygens (including phenoxy) is 2. The Morgan fingerprint density at radius 3 is 2.76 bits per heavy atom. The molecule has 1 aromatic rings. The lowest BCUT2D eigenvalue weighted by atomic mass is 10.2. The van der Waals surface area contributed by atoms with Crippen LogP contribution in [-0.2, 0) is 10.9 Å². The van der Waals surface area contributed by atoms with Crippen LogP contribution >= 0.6 is 0 Å². The van der Waals surface area contributed by atoms with Crippen molar-refractivity contribution in [2.24, 2.45) is 0 Å². The molecule has 1 unspecified atom stereocenters. The minimum absolute atomic E-state index is 0.0269. The van der Waals surface area contributed by atoms with Crippen molar-refractivity contribution < 1.29 is 22.6 Å². The van der Waals surface area contributed by atoms with E-state index < -0.39 is 11.7 Å². The number of rotatable bonds is 3. The van der Waals surface area contributed by atoms with Gasteiger partial charge in [0, 0.05) is 18.9 Å². The Bertz CT molecular complexity index is 358. The molecule has 1 aliphatic rings. The smallest absolute Gasteiger partial charge is 0.417 e. The van der Waals surface area contributed by atoms with Gasteiger partial charge >= 0.3 is 6.18 Å². The largest absolute Gasteiger partial charge is 0.475 e. The van der Waals surface area contributed by atoms with Gasteiger partial charge in [0.25, 0.3) is 0 Å². The van der Waals surface area contributed by atoms with Gasteiger partial charge in [-0.15, -0.1) is 0 Å². The van der Waals surface area contributed by atoms with Gasteiger partial charge in [-0.25, -0.2) is 4.98 Å². The van der Waals surface area contributed by atoms with Crippen molar-refractivity contribution >= 4 is 0 Å². The van der Waals surface area contributed by atoms with E-state index in [1.165, 1.54) is 6.07 Å². The van der Waals surface area contributed by atoms with Crippen LogP contribution < -0.4 is 4.74 Å². The van der Waals surface area contributed by atoms with E-state index in [-0.39, 0.29) is 12.0 Å². The van der Waals surface area contributed by atoms with Crippen molar-refractivity contribution in [3.05, 3.63) is 23.9 Å². The van der Waals surface area contributed by atoms with Crippen LogP contribution in [0.15, 0.2) is 18.3 Å². The number of aromatic nitrogens is 1. The third-order valence-electron chi connectivity index (χ3n) is 2.50. The van der Waals surface area contributed by atoms with Crippen molar-refractivity contribution in [1.82, 2.24) is 4.98 Å². The summed E-state index contributed by atoms with van der Waals surface area (Å²) in [5, 5.41) is 0. The molecule has 3 nitrogen and oxygen atoms in total. The molecule has 2 heterocycles. The van der Waals surface area contributed by atoms with Gasteiger partial charge in [0.15, 0.2) is 0 Å². The van der Waals surface area contributed by atoms with Gasteiger partial charge in [-0.1, -0.05) is 0 Å². The Kier molecular flexibility index (Phi) is 3.51. The fourth-order valence-corrected chi connectivity index (χ4v) is 1.59. The lowest BCUT2D eigenvalue weighted by Gasteiger charge is -2.11. The predicted molar refractivity (Wildman–Crippen MR) is 53.7 cm³/mol. The summed E-state index contributed by atoms with van der Waals surface area (Å²) in [5.41, 5.74) is -0.776. The van der Waals surface area contributed by atoms with Crippen LogP contribution in [0.1, 0.15) is 18.4 Å². The molecule has 6 heteroatoms. The first-order valence-electron chi connectivity index (χ1n) is 5.33. The molecule has 0 saturated carbocycles. The maximum atomic E-state index is 12.3. The van der Waals surface area contributed by atoms with Crippen LogP contribution in [0.4, 0.5) is 13.2 Å². The molecule has 94 valence electrons. The highest BCUT2D eigenvalue weighted by atomic mass is 19.4. The van der Waals surface area contributed by atoms with Gasteiger partial charge in [0.1, 0.15) is 6.61 Å². The summed E-state index contributed by atoms with van der Waals surface area (Å²) < 4.78 is 47.3.